The van der Waals surface area contributed by atoms with Crippen LogP contribution in [-0.4, -0.2) is 65.3 Å². The third-order valence-electron chi connectivity index (χ3n) is 9.83. The number of hydrogen-bond acceptors (Lipinski definition) is 6. The molecule has 8 rings (SSSR count). The van der Waals surface area contributed by atoms with E-state index in [0.717, 1.165) is 76.1 Å². The molecule has 2 heterocycles. The normalized spacial score (nSPS) is 33.2. The maximum atomic E-state index is 13.3. The summed E-state index contributed by atoms with van der Waals surface area (Å²) in [7, 11) is 0. The summed E-state index contributed by atoms with van der Waals surface area (Å²) < 4.78 is 0. The van der Waals surface area contributed by atoms with E-state index in [2.05, 4.69) is 27.4 Å². The van der Waals surface area contributed by atoms with E-state index in [9.17, 15) is 14.7 Å². The summed E-state index contributed by atoms with van der Waals surface area (Å²) in [5, 5.41) is 17.3. The molecule has 3 N–H and O–H groups in total. The number of benzene rings is 1. The third-order valence-corrected chi connectivity index (χ3v) is 9.83. The molecule has 5 aliphatic carbocycles. The number of nitrogens with zero attached hydrogens (tertiary/aromatic N) is 3. The van der Waals surface area contributed by atoms with E-state index in [1.54, 1.807) is 0 Å². The van der Waals surface area contributed by atoms with Crippen LogP contribution in [-0.2, 0) is 0 Å². The Morgan fingerprint density at radius 2 is 1.69 bits per heavy atom. The van der Waals surface area contributed by atoms with E-state index in [4.69, 9.17) is 4.98 Å². The average Bonchev–Trinajstić information content (AvgIpc) is 3.74. The van der Waals surface area contributed by atoms with Crippen molar-refractivity contribution in [2.24, 2.45) is 17.8 Å². The van der Waals surface area contributed by atoms with Crippen molar-refractivity contribution in [1.29, 1.82) is 0 Å². The Balaban J connectivity index is 0.984. The highest BCUT2D eigenvalue weighted by atomic mass is 16.3. The third kappa shape index (κ3) is 4.88. The van der Waals surface area contributed by atoms with Gasteiger partial charge in [0, 0.05) is 49.0 Å². The van der Waals surface area contributed by atoms with Crippen LogP contribution in [0.2, 0.25) is 0 Å². The van der Waals surface area contributed by atoms with Crippen LogP contribution in [0.5, 0.6) is 0 Å². The Morgan fingerprint density at radius 1 is 0.949 bits per heavy atom. The number of nitrogens with one attached hydrogen (secondary N) is 2. The summed E-state index contributed by atoms with van der Waals surface area (Å²) in [4.78, 5) is 35.1. The summed E-state index contributed by atoms with van der Waals surface area (Å²) in [5.41, 5.74) is 1.79. The molecule has 6 fully saturated rings. The maximum absolute atomic E-state index is 13.3. The van der Waals surface area contributed by atoms with Gasteiger partial charge in [0.25, 0.3) is 11.8 Å². The van der Waals surface area contributed by atoms with E-state index >= 15 is 0 Å². The summed E-state index contributed by atoms with van der Waals surface area (Å²) >= 11 is 0. The van der Waals surface area contributed by atoms with Crippen LogP contribution >= 0.6 is 0 Å². The Labute approximate surface area is 230 Å². The first-order valence-electron chi connectivity index (χ1n) is 14.8. The van der Waals surface area contributed by atoms with Crippen LogP contribution in [0.25, 0.3) is 0 Å². The number of aromatic nitrogens is 1. The second kappa shape index (κ2) is 9.51. The molecule has 1 aromatic heterocycles. The Morgan fingerprint density at radius 3 is 2.36 bits per heavy atom. The molecule has 2 amide bonds. The molecule has 4 bridgehead atoms. The fraction of sp³-hybridized carbons (Fsp3) is 0.581. The Bertz CT molecular complexity index is 1250. The minimum Gasteiger partial charge on any atom is -0.390 e. The van der Waals surface area contributed by atoms with Gasteiger partial charge < -0.3 is 25.5 Å². The number of piperazine rings is 1. The van der Waals surface area contributed by atoms with Crippen molar-refractivity contribution >= 4 is 23.3 Å². The number of carbonyl (C=O) groups is 2. The van der Waals surface area contributed by atoms with E-state index in [-0.39, 0.29) is 23.9 Å². The monoisotopic (exact) mass is 529 g/mol. The van der Waals surface area contributed by atoms with Crippen molar-refractivity contribution in [2.75, 3.05) is 29.4 Å². The van der Waals surface area contributed by atoms with Gasteiger partial charge in [-0.05, 0) is 106 Å². The van der Waals surface area contributed by atoms with E-state index < -0.39 is 5.60 Å². The summed E-state index contributed by atoms with van der Waals surface area (Å²) in [5.74, 6) is 2.12. The molecule has 1 aromatic carbocycles. The fourth-order valence-corrected chi connectivity index (χ4v) is 8.00. The van der Waals surface area contributed by atoms with E-state index in [1.807, 2.05) is 42.5 Å². The first-order valence-corrected chi connectivity index (χ1v) is 14.8. The topological polar surface area (TPSA) is 97.8 Å². The molecular formula is C31H39N5O3. The molecule has 1 saturated heterocycles. The van der Waals surface area contributed by atoms with Gasteiger partial charge in [0.15, 0.2) is 0 Å². The van der Waals surface area contributed by atoms with Crippen LogP contribution < -0.4 is 20.4 Å². The fourth-order valence-electron chi connectivity index (χ4n) is 8.00. The molecule has 0 spiro atoms. The highest BCUT2D eigenvalue weighted by Gasteiger charge is 2.55. The van der Waals surface area contributed by atoms with Gasteiger partial charge in [0.1, 0.15) is 11.5 Å². The lowest BCUT2D eigenvalue weighted by Gasteiger charge is -2.58. The lowest BCUT2D eigenvalue weighted by Crippen LogP contribution is -2.61. The number of amides is 2. The molecule has 39 heavy (non-hydrogen) atoms. The molecule has 2 aromatic rings. The quantitative estimate of drug-likeness (QED) is 0.531. The van der Waals surface area contributed by atoms with Crippen molar-refractivity contribution in [3.05, 3.63) is 53.7 Å². The molecular weight excluding hydrogens is 490 g/mol. The Hall–Kier alpha value is -3.13. The van der Waals surface area contributed by atoms with Gasteiger partial charge in [-0.2, -0.15) is 0 Å². The van der Waals surface area contributed by atoms with Crippen LogP contribution in [0.4, 0.5) is 11.5 Å². The first-order chi connectivity index (χ1) is 18.8. The molecule has 206 valence electrons. The maximum Gasteiger partial charge on any atom is 0.270 e. The van der Waals surface area contributed by atoms with Gasteiger partial charge in [-0.1, -0.05) is 6.07 Å². The number of carbonyl (C=O) groups excluding carboxylic acids is 2. The van der Waals surface area contributed by atoms with E-state index in [1.165, 1.54) is 0 Å². The summed E-state index contributed by atoms with van der Waals surface area (Å²) in [6.45, 7) is 4.67. The predicted molar refractivity (Wildman–Crippen MR) is 150 cm³/mol. The zero-order valence-electron chi connectivity index (χ0n) is 22.7. The molecule has 1 aliphatic heterocycles. The van der Waals surface area contributed by atoms with Crippen molar-refractivity contribution in [3.63, 3.8) is 0 Å². The van der Waals surface area contributed by atoms with Crippen molar-refractivity contribution < 1.29 is 14.7 Å². The number of hydrogen-bond donors (Lipinski definition) is 3. The average molecular weight is 530 g/mol. The first kappa shape index (κ1) is 24.9. The molecule has 5 saturated carbocycles. The smallest absolute Gasteiger partial charge is 0.270 e. The summed E-state index contributed by atoms with van der Waals surface area (Å²) in [6, 6.07) is 14.4. The largest absolute Gasteiger partial charge is 0.390 e. The Kier molecular flexibility index (Phi) is 6.06. The number of aliphatic hydroxyl groups is 1. The zero-order valence-corrected chi connectivity index (χ0v) is 22.7. The van der Waals surface area contributed by atoms with Gasteiger partial charge in [-0.15, -0.1) is 0 Å². The van der Waals surface area contributed by atoms with Crippen molar-refractivity contribution in [2.45, 2.75) is 75.6 Å². The molecule has 3 unspecified atom stereocenters. The molecule has 6 aliphatic rings. The SMILES string of the molecule is CC1CN(c2ccc(C(=O)NC3CC3)cc2)CCN1c1cccc(C(=O)NC2C3CC4CC2CC(O)(C4)C3)n1. The minimum atomic E-state index is -0.499. The van der Waals surface area contributed by atoms with Gasteiger partial charge >= 0.3 is 0 Å². The second-order valence-corrected chi connectivity index (χ2v) is 12.9. The van der Waals surface area contributed by atoms with Gasteiger partial charge in [0.2, 0.25) is 0 Å². The highest BCUT2D eigenvalue weighted by Crippen LogP contribution is 2.55. The lowest BCUT2D eigenvalue weighted by molar-refractivity contribution is -0.136. The summed E-state index contributed by atoms with van der Waals surface area (Å²) in [6.07, 6.45) is 6.99. The molecule has 0 radical (unpaired) electrons. The van der Waals surface area contributed by atoms with E-state index in [0.29, 0.717) is 35.1 Å². The zero-order chi connectivity index (χ0) is 26.7. The van der Waals surface area contributed by atoms with Crippen LogP contribution in [0.3, 0.4) is 0 Å². The number of anilines is 2. The van der Waals surface area contributed by atoms with Crippen molar-refractivity contribution in [3.8, 4) is 0 Å². The number of pyridine rings is 1. The molecule has 8 nitrogen and oxygen atoms in total. The van der Waals surface area contributed by atoms with Gasteiger partial charge in [0.05, 0.1) is 5.60 Å². The second-order valence-electron chi connectivity index (χ2n) is 12.9. The molecule has 8 heteroatoms. The van der Waals surface area contributed by atoms with Gasteiger partial charge in [-0.25, -0.2) is 4.98 Å². The highest BCUT2D eigenvalue weighted by molar-refractivity contribution is 5.95. The van der Waals surface area contributed by atoms with Crippen LogP contribution in [0, 0.1) is 17.8 Å². The van der Waals surface area contributed by atoms with Crippen LogP contribution in [0.15, 0.2) is 42.5 Å². The predicted octanol–water partition coefficient (Wildman–Crippen LogP) is 3.36. The molecule has 3 atom stereocenters. The van der Waals surface area contributed by atoms with Crippen LogP contribution in [0.1, 0.15) is 72.7 Å². The lowest BCUT2D eigenvalue weighted by atomic mass is 9.52. The minimum absolute atomic E-state index is 0.0119. The standard InChI is InChI=1S/C31H39N5O3/c1-19-18-35(25-9-5-21(6-10-25)29(37)32-24-7-8-24)11-12-36(19)27-4-2-3-26(33-27)30(38)34-28-22-13-20-14-23(28)17-31(39,15-20)16-22/h2-6,9-10,19-20,22-24,28,39H,7-8,11-18H2,1H3,(H,32,37)(H,34,38). The van der Waals surface area contributed by atoms with Gasteiger partial charge in [-0.3, -0.25) is 9.59 Å². The van der Waals surface area contributed by atoms with Crippen molar-refractivity contribution in [1.82, 2.24) is 15.6 Å². The number of rotatable bonds is 6.